The summed E-state index contributed by atoms with van der Waals surface area (Å²) in [5.41, 5.74) is 1.70. The van der Waals surface area contributed by atoms with E-state index in [1.54, 1.807) is 13.0 Å². The summed E-state index contributed by atoms with van der Waals surface area (Å²) in [4.78, 5) is 0. The third-order valence-corrected chi connectivity index (χ3v) is 2.76. The average Bonchev–Trinajstić information content (AvgIpc) is 2.32. The average molecular weight is 253 g/mol. The molecule has 1 aromatic rings. The number of hydrogen-bond acceptors (Lipinski definition) is 2. The van der Waals surface area contributed by atoms with Crippen LogP contribution in [0.15, 0.2) is 18.2 Å². The summed E-state index contributed by atoms with van der Waals surface area (Å²) < 4.78 is 18.7. The minimum absolute atomic E-state index is 0.125. The molecular formula is C15H24FNO. The van der Waals surface area contributed by atoms with Gasteiger partial charge in [-0.05, 0) is 57.4 Å². The highest BCUT2D eigenvalue weighted by Crippen LogP contribution is 2.08. The van der Waals surface area contributed by atoms with Crippen LogP contribution in [0.1, 0.15) is 37.8 Å². The van der Waals surface area contributed by atoms with E-state index >= 15 is 0 Å². The molecule has 0 saturated heterocycles. The van der Waals surface area contributed by atoms with Crippen molar-refractivity contribution in [1.82, 2.24) is 5.32 Å². The summed E-state index contributed by atoms with van der Waals surface area (Å²) in [7, 11) is 0. The summed E-state index contributed by atoms with van der Waals surface area (Å²) >= 11 is 0. The lowest BCUT2D eigenvalue weighted by Crippen LogP contribution is -2.15. The van der Waals surface area contributed by atoms with Crippen molar-refractivity contribution in [3.63, 3.8) is 0 Å². The van der Waals surface area contributed by atoms with Crippen molar-refractivity contribution in [2.75, 3.05) is 13.2 Å². The van der Waals surface area contributed by atoms with E-state index in [0.29, 0.717) is 11.7 Å². The predicted molar refractivity (Wildman–Crippen MR) is 73.2 cm³/mol. The number of halogens is 1. The highest BCUT2D eigenvalue weighted by Gasteiger charge is 1.99. The summed E-state index contributed by atoms with van der Waals surface area (Å²) in [5.74, 6) is -0.125. The van der Waals surface area contributed by atoms with Crippen LogP contribution in [-0.2, 0) is 11.3 Å². The molecule has 0 bridgehead atoms. The van der Waals surface area contributed by atoms with Gasteiger partial charge in [-0.1, -0.05) is 12.1 Å². The number of nitrogens with one attached hydrogen (secondary N) is 1. The molecule has 0 spiro atoms. The smallest absolute Gasteiger partial charge is 0.126 e. The van der Waals surface area contributed by atoms with Gasteiger partial charge in [-0.3, -0.25) is 0 Å². The molecular weight excluding hydrogens is 229 g/mol. The maximum Gasteiger partial charge on any atom is 0.126 e. The highest BCUT2D eigenvalue weighted by atomic mass is 19.1. The Morgan fingerprint density at radius 1 is 1.28 bits per heavy atom. The molecule has 1 rings (SSSR count). The van der Waals surface area contributed by atoms with Gasteiger partial charge in [0.15, 0.2) is 0 Å². The van der Waals surface area contributed by atoms with E-state index < -0.39 is 0 Å². The van der Waals surface area contributed by atoms with E-state index in [9.17, 15) is 4.39 Å². The van der Waals surface area contributed by atoms with Crippen molar-refractivity contribution >= 4 is 0 Å². The van der Waals surface area contributed by atoms with Gasteiger partial charge in [-0.2, -0.15) is 0 Å². The topological polar surface area (TPSA) is 21.3 Å². The van der Waals surface area contributed by atoms with E-state index in [2.05, 4.69) is 5.32 Å². The van der Waals surface area contributed by atoms with Crippen LogP contribution in [0, 0.1) is 12.7 Å². The zero-order chi connectivity index (χ0) is 13.4. The highest BCUT2D eigenvalue weighted by molar-refractivity contribution is 5.23. The van der Waals surface area contributed by atoms with Crippen LogP contribution < -0.4 is 5.32 Å². The lowest BCUT2D eigenvalue weighted by atomic mass is 10.1. The first-order valence-corrected chi connectivity index (χ1v) is 6.67. The zero-order valence-corrected chi connectivity index (χ0v) is 11.6. The Labute approximate surface area is 110 Å². The van der Waals surface area contributed by atoms with E-state index in [1.165, 1.54) is 0 Å². The number of hydrogen-bond donors (Lipinski definition) is 1. The number of ether oxygens (including phenoxy) is 1. The summed E-state index contributed by atoms with van der Waals surface area (Å²) in [6.07, 6.45) is 2.46. The second-order valence-electron chi connectivity index (χ2n) is 4.89. The molecule has 0 aliphatic heterocycles. The van der Waals surface area contributed by atoms with Crippen molar-refractivity contribution in [3.8, 4) is 0 Å². The fraction of sp³-hybridized carbons (Fsp3) is 0.600. The summed E-state index contributed by atoms with van der Waals surface area (Å²) in [5, 5.41) is 3.31. The molecule has 18 heavy (non-hydrogen) atoms. The lowest BCUT2D eigenvalue weighted by Gasteiger charge is -2.08. The third kappa shape index (κ3) is 6.12. The van der Waals surface area contributed by atoms with Crippen LogP contribution in [0.25, 0.3) is 0 Å². The maximum atomic E-state index is 13.3. The second-order valence-corrected chi connectivity index (χ2v) is 4.89. The first-order chi connectivity index (χ1) is 8.59. The third-order valence-electron chi connectivity index (χ3n) is 2.76. The van der Waals surface area contributed by atoms with Crippen LogP contribution in [0.3, 0.4) is 0 Å². The van der Waals surface area contributed by atoms with Gasteiger partial charge < -0.3 is 10.1 Å². The minimum Gasteiger partial charge on any atom is -0.379 e. The predicted octanol–water partition coefficient (Wildman–Crippen LogP) is 3.43. The van der Waals surface area contributed by atoms with Gasteiger partial charge in [0.1, 0.15) is 5.82 Å². The second kappa shape index (κ2) is 8.22. The van der Waals surface area contributed by atoms with Crippen molar-refractivity contribution in [2.45, 2.75) is 46.3 Å². The largest absolute Gasteiger partial charge is 0.379 e. The molecule has 0 aliphatic carbocycles. The van der Waals surface area contributed by atoms with Crippen LogP contribution in [0.5, 0.6) is 0 Å². The van der Waals surface area contributed by atoms with Gasteiger partial charge >= 0.3 is 0 Å². The number of benzene rings is 1. The molecule has 0 unspecified atom stereocenters. The molecule has 0 radical (unpaired) electrons. The van der Waals surface area contributed by atoms with Crippen LogP contribution >= 0.6 is 0 Å². The van der Waals surface area contributed by atoms with E-state index in [4.69, 9.17) is 4.74 Å². The molecule has 2 nitrogen and oxygen atoms in total. The van der Waals surface area contributed by atoms with Gasteiger partial charge in [0.2, 0.25) is 0 Å². The van der Waals surface area contributed by atoms with Crippen LogP contribution in [0.2, 0.25) is 0 Å². The van der Waals surface area contributed by atoms with Crippen molar-refractivity contribution in [1.29, 1.82) is 0 Å². The van der Waals surface area contributed by atoms with E-state index in [0.717, 1.165) is 38.1 Å². The Morgan fingerprint density at radius 3 is 2.72 bits per heavy atom. The quantitative estimate of drug-likeness (QED) is 0.717. The first kappa shape index (κ1) is 15.1. The number of aryl methyl sites for hydroxylation is 1. The van der Waals surface area contributed by atoms with Crippen molar-refractivity contribution in [3.05, 3.63) is 35.1 Å². The van der Waals surface area contributed by atoms with E-state index in [-0.39, 0.29) is 5.82 Å². The van der Waals surface area contributed by atoms with Crippen molar-refractivity contribution < 1.29 is 9.13 Å². The zero-order valence-electron chi connectivity index (χ0n) is 11.6. The summed E-state index contributed by atoms with van der Waals surface area (Å²) in [6.45, 7) is 8.35. The molecule has 0 aromatic heterocycles. The Hall–Kier alpha value is -0.930. The Bertz CT molecular complexity index is 352. The van der Waals surface area contributed by atoms with Gasteiger partial charge in [0.05, 0.1) is 6.10 Å². The van der Waals surface area contributed by atoms with E-state index in [1.807, 2.05) is 26.0 Å². The van der Waals surface area contributed by atoms with Gasteiger partial charge in [0, 0.05) is 13.2 Å². The molecule has 0 heterocycles. The Balaban J connectivity index is 2.09. The van der Waals surface area contributed by atoms with Crippen molar-refractivity contribution in [2.24, 2.45) is 0 Å². The monoisotopic (exact) mass is 253 g/mol. The molecule has 102 valence electrons. The maximum absolute atomic E-state index is 13.3. The first-order valence-electron chi connectivity index (χ1n) is 6.67. The molecule has 0 amide bonds. The standard InChI is InChI=1S/C15H24FNO/c1-12(2)18-9-5-4-8-17-11-14-7-6-13(3)15(16)10-14/h6-7,10,12,17H,4-5,8-9,11H2,1-3H3. The lowest BCUT2D eigenvalue weighted by molar-refractivity contribution is 0.0760. The van der Waals surface area contributed by atoms with Gasteiger partial charge in [-0.25, -0.2) is 4.39 Å². The van der Waals surface area contributed by atoms with Gasteiger partial charge in [-0.15, -0.1) is 0 Å². The number of rotatable bonds is 8. The molecule has 0 saturated carbocycles. The molecule has 0 aliphatic rings. The molecule has 1 N–H and O–H groups in total. The molecule has 0 atom stereocenters. The van der Waals surface area contributed by atoms with Crippen LogP contribution in [-0.4, -0.2) is 19.3 Å². The minimum atomic E-state index is -0.125. The SMILES string of the molecule is Cc1ccc(CNCCCCOC(C)C)cc1F. The van der Waals surface area contributed by atoms with Crippen LogP contribution in [0.4, 0.5) is 4.39 Å². The fourth-order valence-corrected chi connectivity index (χ4v) is 1.65. The molecule has 3 heteroatoms. The molecule has 1 aromatic carbocycles. The normalized spacial score (nSPS) is 11.2. The Kier molecular flexibility index (Phi) is 6.91. The Morgan fingerprint density at radius 2 is 2.06 bits per heavy atom. The number of unbranched alkanes of at least 4 members (excludes halogenated alkanes) is 1. The summed E-state index contributed by atoms with van der Waals surface area (Å²) in [6, 6.07) is 5.39. The van der Waals surface area contributed by atoms with Gasteiger partial charge in [0.25, 0.3) is 0 Å². The molecule has 0 fully saturated rings. The fourth-order valence-electron chi connectivity index (χ4n) is 1.65.